The van der Waals surface area contributed by atoms with E-state index < -0.39 is 5.41 Å². The van der Waals surface area contributed by atoms with E-state index in [1.54, 1.807) is 6.20 Å². The van der Waals surface area contributed by atoms with Crippen LogP contribution < -0.4 is 0 Å². The van der Waals surface area contributed by atoms with Crippen LogP contribution in [0.5, 0.6) is 0 Å². The smallest absolute Gasteiger partial charge is 0.160 e. The quantitative estimate of drug-likeness (QED) is 0.166. The summed E-state index contributed by atoms with van der Waals surface area (Å²) in [4.78, 5) is 14.6. The molecular weight excluding hydrogens is 667 g/mol. The van der Waals surface area contributed by atoms with Crippen LogP contribution in [0, 0.1) is 0 Å². The van der Waals surface area contributed by atoms with E-state index in [0.717, 1.165) is 44.8 Å². The molecule has 0 aliphatic heterocycles. The van der Waals surface area contributed by atoms with Crippen LogP contribution in [0.4, 0.5) is 0 Å². The SMILES string of the molecule is c1ccc(-c2nc(-c3ccc(-c4cccnc4)cc3)cc(-c3cccc(-c4cccc5c4-c4ccccc4C5(c4ccccc4)c4ccccc4)c3)n2)cc1. The topological polar surface area (TPSA) is 38.7 Å². The van der Waals surface area contributed by atoms with Crippen molar-refractivity contribution in [1.82, 2.24) is 15.0 Å². The Kier molecular flexibility index (Phi) is 8.04. The molecule has 1 aliphatic rings. The highest BCUT2D eigenvalue weighted by atomic mass is 14.9. The van der Waals surface area contributed by atoms with Gasteiger partial charge in [0.05, 0.1) is 16.8 Å². The lowest BCUT2D eigenvalue weighted by Gasteiger charge is -2.34. The predicted molar refractivity (Wildman–Crippen MR) is 224 cm³/mol. The molecule has 0 saturated carbocycles. The minimum absolute atomic E-state index is 0.458. The predicted octanol–water partition coefficient (Wildman–Crippen LogP) is 12.6. The second kappa shape index (κ2) is 13.6. The van der Waals surface area contributed by atoms with E-state index in [1.807, 2.05) is 30.5 Å². The number of nitrogens with zero attached hydrogens (tertiary/aromatic N) is 3. The maximum atomic E-state index is 5.19. The average Bonchev–Trinajstić information content (AvgIpc) is 3.59. The van der Waals surface area contributed by atoms with Crippen molar-refractivity contribution in [3.8, 4) is 67.3 Å². The number of hydrogen-bond donors (Lipinski definition) is 0. The lowest BCUT2D eigenvalue weighted by Crippen LogP contribution is -2.28. The fourth-order valence-electron chi connectivity index (χ4n) is 8.41. The highest BCUT2D eigenvalue weighted by molar-refractivity contribution is 5.96. The second-order valence-electron chi connectivity index (χ2n) is 14.0. The average molecular weight is 702 g/mol. The van der Waals surface area contributed by atoms with Gasteiger partial charge in [-0.2, -0.15) is 0 Å². The summed E-state index contributed by atoms with van der Waals surface area (Å²) >= 11 is 0. The number of hydrogen-bond acceptors (Lipinski definition) is 3. The molecule has 0 radical (unpaired) electrons. The first-order valence-corrected chi connectivity index (χ1v) is 18.7. The Hall–Kier alpha value is -7.23. The van der Waals surface area contributed by atoms with E-state index in [4.69, 9.17) is 9.97 Å². The van der Waals surface area contributed by atoms with Crippen LogP contribution in [-0.2, 0) is 5.41 Å². The normalized spacial score (nSPS) is 12.5. The van der Waals surface area contributed by atoms with Gasteiger partial charge in [-0.15, -0.1) is 0 Å². The van der Waals surface area contributed by atoms with Gasteiger partial charge in [0, 0.05) is 29.1 Å². The molecule has 0 fully saturated rings. The number of benzene rings is 7. The molecule has 7 aromatic carbocycles. The van der Waals surface area contributed by atoms with Gasteiger partial charge in [0.15, 0.2) is 5.82 Å². The fraction of sp³-hybridized carbons (Fsp3) is 0.0192. The van der Waals surface area contributed by atoms with Crippen LogP contribution >= 0.6 is 0 Å². The van der Waals surface area contributed by atoms with Gasteiger partial charge in [-0.3, -0.25) is 4.98 Å². The minimum atomic E-state index is -0.458. The monoisotopic (exact) mass is 701 g/mol. The third-order valence-corrected chi connectivity index (χ3v) is 10.9. The zero-order chi connectivity index (χ0) is 36.6. The molecule has 0 unspecified atom stereocenters. The van der Waals surface area contributed by atoms with Gasteiger partial charge in [0.25, 0.3) is 0 Å². The summed E-state index contributed by atoms with van der Waals surface area (Å²) in [5, 5.41) is 0. The molecule has 55 heavy (non-hydrogen) atoms. The minimum Gasteiger partial charge on any atom is -0.264 e. The van der Waals surface area contributed by atoms with Crippen molar-refractivity contribution < 1.29 is 0 Å². The fourth-order valence-corrected chi connectivity index (χ4v) is 8.41. The Morgan fingerprint density at radius 3 is 1.60 bits per heavy atom. The second-order valence-corrected chi connectivity index (χ2v) is 14.0. The molecule has 0 N–H and O–H groups in total. The first-order valence-electron chi connectivity index (χ1n) is 18.7. The van der Waals surface area contributed by atoms with Crippen molar-refractivity contribution in [3.05, 3.63) is 235 Å². The summed E-state index contributed by atoms with van der Waals surface area (Å²) in [5.41, 5.74) is 16.5. The number of fused-ring (bicyclic) bond motifs is 3. The third kappa shape index (κ3) is 5.57. The van der Waals surface area contributed by atoms with Crippen LogP contribution in [-0.4, -0.2) is 15.0 Å². The van der Waals surface area contributed by atoms with Crippen LogP contribution in [0.3, 0.4) is 0 Å². The van der Waals surface area contributed by atoms with Crippen LogP contribution in [0.15, 0.2) is 213 Å². The molecule has 1 aliphatic carbocycles. The number of rotatable bonds is 7. The molecule has 0 saturated heterocycles. The van der Waals surface area contributed by atoms with Gasteiger partial charge in [-0.1, -0.05) is 182 Å². The van der Waals surface area contributed by atoms with E-state index in [2.05, 4.69) is 181 Å². The number of pyridine rings is 1. The maximum Gasteiger partial charge on any atom is 0.160 e. The zero-order valence-corrected chi connectivity index (χ0v) is 30.0. The molecule has 2 heterocycles. The third-order valence-electron chi connectivity index (χ3n) is 10.9. The van der Waals surface area contributed by atoms with Crippen molar-refractivity contribution in [2.24, 2.45) is 0 Å². The maximum absolute atomic E-state index is 5.19. The standard InChI is InChI=1S/C52H35N3/c1-4-15-38(16-5-1)51-54-48(37-30-28-36(29-31-37)41-19-14-32-53-35-41)34-49(55-51)40-18-12-17-39(33-40)44-25-13-27-47-50(44)45-24-10-11-26-46(45)52(47,42-20-6-2-7-21-42)43-22-8-3-9-23-43/h1-35H. The van der Waals surface area contributed by atoms with Gasteiger partial charge in [-0.05, 0) is 73.8 Å². The van der Waals surface area contributed by atoms with Crippen molar-refractivity contribution in [2.75, 3.05) is 0 Å². The van der Waals surface area contributed by atoms with E-state index >= 15 is 0 Å². The molecule has 2 aromatic heterocycles. The van der Waals surface area contributed by atoms with Crippen molar-refractivity contribution in [1.29, 1.82) is 0 Å². The summed E-state index contributed by atoms with van der Waals surface area (Å²) in [6.07, 6.45) is 3.69. The van der Waals surface area contributed by atoms with Crippen molar-refractivity contribution in [3.63, 3.8) is 0 Å². The Bertz CT molecular complexity index is 2740. The van der Waals surface area contributed by atoms with Crippen LogP contribution in [0.2, 0.25) is 0 Å². The van der Waals surface area contributed by atoms with Crippen molar-refractivity contribution >= 4 is 0 Å². The summed E-state index contributed by atoms with van der Waals surface area (Å²) in [6.45, 7) is 0. The first kappa shape index (κ1) is 32.4. The first-order chi connectivity index (χ1) is 27.3. The van der Waals surface area contributed by atoms with Crippen LogP contribution in [0.1, 0.15) is 22.3 Å². The highest BCUT2D eigenvalue weighted by Gasteiger charge is 2.46. The Morgan fingerprint density at radius 1 is 0.345 bits per heavy atom. The van der Waals surface area contributed by atoms with Gasteiger partial charge >= 0.3 is 0 Å². The highest BCUT2D eigenvalue weighted by Crippen LogP contribution is 2.58. The Labute approximate surface area is 321 Å². The molecule has 258 valence electrons. The van der Waals surface area contributed by atoms with E-state index in [1.165, 1.54) is 38.9 Å². The van der Waals surface area contributed by atoms with Gasteiger partial charge in [0.1, 0.15) is 0 Å². The summed E-state index contributed by atoms with van der Waals surface area (Å²) < 4.78 is 0. The molecule has 10 rings (SSSR count). The van der Waals surface area contributed by atoms with Crippen molar-refractivity contribution in [2.45, 2.75) is 5.41 Å². The number of aromatic nitrogens is 3. The summed E-state index contributed by atoms with van der Waals surface area (Å²) in [5.74, 6) is 0.694. The Morgan fingerprint density at radius 2 is 0.891 bits per heavy atom. The molecule has 0 bridgehead atoms. The van der Waals surface area contributed by atoms with Gasteiger partial charge in [-0.25, -0.2) is 9.97 Å². The van der Waals surface area contributed by atoms with E-state index in [-0.39, 0.29) is 0 Å². The van der Waals surface area contributed by atoms with Crippen LogP contribution in [0.25, 0.3) is 67.3 Å². The van der Waals surface area contributed by atoms with E-state index in [9.17, 15) is 0 Å². The molecular formula is C52H35N3. The molecule has 3 nitrogen and oxygen atoms in total. The molecule has 0 amide bonds. The lowest BCUT2D eigenvalue weighted by atomic mass is 9.67. The van der Waals surface area contributed by atoms with E-state index in [0.29, 0.717) is 5.82 Å². The molecule has 3 heteroatoms. The largest absolute Gasteiger partial charge is 0.264 e. The van der Waals surface area contributed by atoms with Gasteiger partial charge in [0.2, 0.25) is 0 Å². The molecule has 0 spiro atoms. The Balaban J connectivity index is 1.13. The summed E-state index contributed by atoms with van der Waals surface area (Å²) in [6, 6.07) is 71.4. The molecule has 0 atom stereocenters. The zero-order valence-electron chi connectivity index (χ0n) is 30.0. The lowest BCUT2D eigenvalue weighted by molar-refractivity contribution is 0.768. The molecule has 9 aromatic rings. The summed E-state index contributed by atoms with van der Waals surface area (Å²) in [7, 11) is 0. The van der Waals surface area contributed by atoms with Gasteiger partial charge < -0.3 is 0 Å².